The first-order valence-electron chi connectivity index (χ1n) is 19.9. The van der Waals surface area contributed by atoms with Crippen LogP contribution in [0.1, 0.15) is 41.7 Å². The Hall–Kier alpha value is -4.26. The van der Waals surface area contributed by atoms with Crippen molar-refractivity contribution < 1.29 is 43.0 Å². The van der Waals surface area contributed by atoms with Crippen LogP contribution in [0.4, 0.5) is 0 Å². The SMILES string of the molecule is CC1O[C@@H](C)[C@@H](O)C(O[C@@H]2OC(COCc3ccccc3)[C@@H](OCc3ccccc3)[C@H](OCc3ccccc3)C2OCc2ccccc2)[C@H]1OCc1ccccc1. The van der Waals surface area contributed by atoms with Gasteiger partial charge >= 0.3 is 0 Å². The fraction of sp³-hybridized carbons (Fsp3) is 0.375. The molecule has 5 aromatic rings. The highest BCUT2D eigenvalue weighted by Crippen LogP contribution is 2.35. The van der Waals surface area contributed by atoms with Gasteiger partial charge in [0.05, 0.1) is 51.8 Å². The minimum Gasteiger partial charge on any atom is -0.388 e. The van der Waals surface area contributed by atoms with Crippen molar-refractivity contribution >= 4 is 0 Å². The van der Waals surface area contributed by atoms with Crippen molar-refractivity contribution in [2.75, 3.05) is 6.61 Å². The number of aliphatic hydroxyl groups excluding tert-OH is 1. The largest absolute Gasteiger partial charge is 0.388 e. The van der Waals surface area contributed by atoms with Gasteiger partial charge in [-0.15, -0.1) is 0 Å². The van der Waals surface area contributed by atoms with E-state index in [-0.39, 0.29) is 19.3 Å². The van der Waals surface area contributed by atoms with Crippen LogP contribution in [0.3, 0.4) is 0 Å². The van der Waals surface area contributed by atoms with E-state index in [9.17, 15) is 5.11 Å². The Bertz CT molecular complexity index is 1850. The highest BCUT2D eigenvalue weighted by atomic mass is 16.7. The number of hydrogen-bond acceptors (Lipinski definition) is 9. The zero-order valence-electron chi connectivity index (χ0n) is 32.7. The molecule has 4 unspecified atom stereocenters. The van der Waals surface area contributed by atoms with Crippen molar-refractivity contribution in [3.63, 3.8) is 0 Å². The van der Waals surface area contributed by atoms with Gasteiger partial charge in [-0.2, -0.15) is 0 Å². The molecular weight excluding hydrogens is 721 g/mol. The maximum atomic E-state index is 11.8. The third-order valence-electron chi connectivity index (χ3n) is 10.5. The molecule has 0 spiro atoms. The molecule has 0 amide bonds. The van der Waals surface area contributed by atoms with Crippen molar-refractivity contribution in [3.8, 4) is 0 Å². The summed E-state index contributed by atoms with van der Waals surface area (Å²) >= 11 is 0. The molecule has 2 aliphatic heterocycles. The van der Waals surface area contributed by atoms with Crippen molar-refractivity contribution in [3.05, 3.63) is 179 Å². The van der Waals surface area contributed by atoms with Crippen molar-refractivity contribution in [2.24, 2.45) is 0 Å². The van der Waals surface area contributed by atoms with Gasteiger partial charge in [-0.25, -0.2) is 0 Å². The van der Waals surface area contributed by atoms with E-state index in [4.69, 9.17) is 37.9 Å². The molecule has 9 nitrogen and oxygen atoms in total. The predicted octanol–water partition coefficient (Wildman–Crippen LogP) is 7.82. The summed E-state index contributed by atoms with van der Waals surface area (Å²) in [7, 11) is 0. The van der Waals surface area contributed by atoms with E-state index in [0.29, 0.717) is 26.4 Å². The lowest BCUT2D eigenvalue weighted by molar-refractivity contribution is -0.358. The van der Waals surface area contributed by atoms with Crippen LogP contribution in [-0.2, 0) is 70.9 Å². The molecule has 0 aliphatic carbocycles. The minimum atomic E-state index is -1.02. The maximum absolute atomic E-state index is 11.8. The third-order valence-corrected chi connectivity index (χ3v) is 10.5. The number of aliphatic hydroxyl groups is 1. The first-order valence-corrected chi connectivity index (χ1v) is 19.9. The van der Waals surface area contributed by atoms with E-state index in [1.54, 1.807) is 0 Å². The van der Waals surface area contributed by atoms with Gasteiger partial charge in [-0.3, -0.25) is 0 Å². The van der Waals surface area contributed by atoms with Gasteiger partial charge in [0, 0.05) is 0 Å². The van der Waals surface area contributed by atoms with Gasteiger partial charge in [0.25, 0.3) is 0 Å². The average Bonchev–Trinajstić information content (AvgIpc) is 3.25. The first-order chi connectivity index (χ1) is 28.0. The molecule has 5 aromatic carbocycles. The summed E-state index contributed by atoms with van der Waals surface area (Å²) in [6.45, 7) is 5.53. The smallest absolute Gasteiger partial charge is 0.187 e. The zero-order chi connectivity index (χ0) is 39.2. The van der Waals surface area contributed by atoms with Crippen LogP contribution < -0.4 is 0 Å². The van der Waals surface area contributed by atoms with Gasteiger partial charge in [-0.05, 0) is 41.7 Å². The number of ether oxygens (including phenoxy) is 8. The molecular formula is C48H54O9. The van der Waals surface area contributed by atoms with Crippen molar-refractivity contribution in [2.45, 2.75) is 108 Å². The summed E-state index contributed by atoms with van der Waals surface area (Å²) in [6, 6.07) is 50.0. The molecule has 9 heteroatoms. The van der Waals surface area contributed by atoms with Gasteiger partial charge in [0.1, 0.15) is 42.7 Å². The molecule has 2 fully saturated rings. The molecule has 0 aromatic heterocycles. The fourth-order valence-electron chi connectivity index (χ4n) is 7.39. The van der Waals surface area contributed by atoms with Crippen molar-refractivity contribution in [1.29, 1.82) is 0 Å². The molecule has 2 saturated heterocycles. The molecule has 7 rings (SSSR count). The normalized spacial score (nSPS) is 27.6. The first kappa shape index (κ1) is 40.9. The van der Waals surface area contributed by atoms with Crippen LogP contribution in [0.2, 0.25) is 0 Å². The molecule has 300 valence electrons. The summed E-state index contributed by atoms with van der Waals surface area (Å²) in [6.07, 6.45) is -7.16. The summed E-state index contributed by atoms with van der Waals surface area (Å²) in [5, 5.41) is 11.8. The van der Waals surface area contributed by atoms with E-state index in [1.807, 2.05) is 166 Å². The maximum Gasteiger partial charge on any atom is 0.187 e. The summed E-state index contributed by atoms with van der Waals surface area (Å²) in [4.78, 5) is 0. The second kappa shape index (κ2) is 20.9. The van der Waals surface area contributed by atoms with Crippen LogP contribution in [0.5, 0.6) is 0 Å². The van der Waals surface area contributed by atoms with Gasteiger partial charge in [-0.1, -0.05) is 152 Å². The van der Waals surface area contributed by atoms with E-state index in [2.05, 4.69) is 0 Å². The van der Waals surface area contributed by atoms with Gasteiger partial charge < -0.3 is 43.0 Å². The number of hydrogen-bond donors (Lipinski definition) is 1. The van der Waals surface area contributed by atoms with Gasteiger partial charge in [0.2, 0.25) is 0 Å². The standard InChI is InChI=1S/C48H54O9/c1-34-42(49)45(43(35(2)55-34)51-29-37-20-10-4-11-21-37)57-48-47(54-32-40-26-16-7-17-27-40)46(53-31-39-24-14-6-15-25-39)44(52-30-38-22-12-5-13-23-38)41(56-48)33-50-28-36-18-8-3-9-19-36/h3-27,34-35,41-49H,28-33H2,1-2H3/t34-,35?,41?,42+,43-,44+,45?,46-,47?,48-/m0/s1. The molecule has 10 atom stereocenters. The van der Waals surface area contributed by atoms with Crippen LogP contribution in [0.25, 0.3) is 0 Å². The molecule has 57 heavy (non-hydrogen) atoms. The number of benzene rings is 5. The van der Waals surface area contributed by atoms with Crippen LogP contribution in [-0.4, -0.2) is 72.9 Å². The lowest BCUT2D eigenvalue weighted by Crippen LogP contribution is -2.65. The molecule has 0 radical (unpaired) electrons. The zero-order valence-corrected chi connectivity index (χ0v) is 32.7. The second-order valence-electron chi connectivity index (χ2n) is 14.7. The van der Waals surface area contributed by atoms with Crippen LogP contribution in [0.15, 0.2) is 152 Å². The number of rotatable bonds is 18. The van der Waals surface area contributed by atoms with E-state index in [0.717, 1.165) is 27.8 Å². The topological polar surface area (TPSA) is 94.1 Å². The summed E-state index contributed by atoms with van der Waals surface area (Å²) in [5.74, 6) is 0. The van der Waals surface area contributed by atoms with Crippen LogP contribution in [0, 0.1) is 0 Å². The highest BCUT2D eigenvalue weighted by Gasteiger charge is 2.52. The summed E-state index contributed by atoms with van der Waals surface area (Å²) in [5.41, 5.74) is 5.02. The van der Waals surface area contributed by atoms with E-state index < -0.39 is 55.1 Å². The molecule has 1 N–H and O–H groups in total. The fourth-order valence-corrected chi connectivity index (χ4v) is 7.39. The Morgan fingerprint density at radius 1 is 0.421 bits per heavy atom. The average molecular weight is 775 g/mol. The van der Waals surface area contributed by atoms with E-state index >= 15 is 0 Å². The molecule has 0 saturated carbocycles. The van der Waals surface area contributed by atoms with Crippen LogP contribution >= 0.6 is 0 Å². The monoisotopic (exact) mass is 774 g/mol. The van der Waals surface area contributed by atoms with Gasteiger partial charge in [0.15, 0.2) is 6.29 Å². The molecule has 2 aliphatic rings. The lowest BCUT2D eigenvalue weighted by Gasteiger charge is -2.49. The summed E-state index contributed by atoms with van der Waals surface area (Å²) < 4.78 is 53.5. The Kier molecular flexibility index (Phi) is 15.0. The second-order valence-corrected chi connectivity index (χ2v) is 14.7. The Balaban J connectivity index is 1.23. The highest BCUT2D eigenvalue weighted by molar-refractivity contribution is 5.17. The Morgan fingerprint density at radius 2 is 0.807 bits per heavy atom. The lowest BCUT2D eigenvalue weighted by atomic mass is 9.94. The Morgan fingerprint density at radius 3 is 1.26 bits per heavy atom. The van der Waals surface area contributed by atoms with Crippen molar-refractivity contribution in [1.82, 2.24) is 0 Å². The van der Waals surface area contributed by atoms with E-state index in [1.165, 1.54) is 0 Å². The molecule has 2 heterocycles. The Labute approximate surface area is 336 Å². The molecule has 0 bridgehead atoms. The predicted molar refractivity (Wildman–Crippen MR) is 216 cm³/mol. The quantitative estimate of drug-likeness (QED) is 0.0957. The minimum absolute atomic E-state index is 0.182. The third kappa shape index (κ3) is 11.4.